The van der Waals surface area contributed by atoms with Gasteiger partial charge in [0.15, 0.2) is 0 Å². The molecule has 0 spiro atoms. The number of likely N-dealkylation sites (N-methyl/N-ethyl adjacent to an activating group) is 1. The van der Waals surface area contributed by atoms with Crippen molar-refractivity contribution < 1.29 is 13.6 Å². The summed E-state index contributed by atoms with van der Waals surface area (Å²) >= 11 is 0. The minimum atomic E-state index is -0.776. The van der Waals surface area contributed by atoms with E-state index in [9.17, 15) is 13.6 Å². The number of para-hydroxylation sites is 2. The molecule has 1 saturated heterocycles. The normalized spacial score (nSPS) is 14.4. The minimum absolute atomic E-state index is 0.0438. The molecule has 1 heterocycles. The fourth-order valence-corrected chi connectivity index (χ4v) is 3.48. The van der Waals surface area contributed by atoms with Crippen LogP contribution in [0.1, 0.15) is 24.8 Å². The lowest BCUT2D eigenvalue weighted by atomic mass is 10.1. The summed E-state index contributed by atoms with van der Waals surface area (Å²) < 4.78 is 27.4. The van der Waals surface area contributed by atoms with Crippen molar-refractivity contribution >= 4 is 17.3 Å². The third-order valence-corrected chi connectivity index (χ3v) is 4.77. The van der Waals surface area contributed by atoms with Gasteiger partial charge < -0.3 is 10.2 Å². The standard InChI is InChI=1S/C21H25F2N3O/c1-25(15-20(27)24-21-17(22)9-7-10-18(21)23)14-16-8-3-4-11-19(16)26-12-5-2-6-13-26/h3-4,7-11H,2,5-6,12-15H2,1H3,(H,24,27). The highest BCUT2D eigenvalue weighted by molar-refractivity contribution is 5.92. The quantitative estimate of drug-likeness (QED) is 0.831. The van der Waals surface area contributed by atoms with Gasteiger partial charge in [0.05, 0.1) is 6.54 Å². The van der Waals surface area contributed by atoms with Crippen LogP contribution in [0.3, 0.4) is 0 Å². The Morgan fingerprint density at radius 2 is 1.70 bits per heavy atom. The fourth-order valence-electron chi connectivity index (χ4n) is 3.48. The molecule has 2 aromatic rings. The number of hydrogen-bond donors (Lipinski definition) is 1. The van der Waals surface area contributed by atoms with Gasteiger partial charge in [-0.1, -0.05) is 24.3 Å². The smallest absolute Gasteiger partial charge is 0.238 e. The number of halogens is 2. The average molecular weight is 373 g/mol. The zero-order valence-electron chi connectivity index (χ0n) is 15.5. The maximum atomic E-state index is 13.7. The first-order valence-electron chi connectivity index (χ1n) is 9.30. The van der Waals surface area contributed by atoms with Crippen LogP contribution in [0.2, 0.25) is 0 Å². The molecule has 3 rings (SSSR count). The topological polar surface area (TPSA) is 35.6 Å². The third-order valence-electron chi connectivity index (χ3n) is 4.77. The maximum absolute atomic E-state index is 13.7. The molecule has 144 valence electrons. The van der Waals surface area contributed by atoms with Gasteiger partial charge in [-0.25, -0.2) is 8.78 Å². The lowest BCUT2D eigenvalue weighted by Crippen LogP contribution is -2.33. The second-order valence-corrected chi connectivity index (χ2v) is 6.99. The first-order chi connectivity index (χ1) is 13.0. The Kier molecular flexibility index (Phi) is 6.40. The Labute approximate surface area is 158 Å². The van der Waals surface area contributed by atoms with Gasteiger partial charge in [-0.15, -0.1) is 0 Å². The number of hydrogen-bond acceptors (Lipinski definition) is 3. The van der Waals surface area contributed by atoms with Gasteiger partial charge in [0.1, 0.15) is 17.3 Å². The van der Waals surface area contributed by atoms with Crippen LogP contribution in [-0.2, 0) is 11.3 Å². The van der Waals surface area contributed by atoms with Gasteiger partial charge in [-0.3, -0.25) is 9.69 Å². The van der Waals surface area contributed by atoms with Crippen molar-refractivity contribution in [3.05, 3.63) is 59.7 Å². The van der Waals surface area contributed by atoms with E-state index in [0.29, 0.717) is 6.54 Å². The molecule has 1 amide bonds. The number of carbonyl (C=O) groups is 1. The Balaban J connectivity index is 1.62. The van der Waals surface area contributed by atoms with Crippen LogP contribution < -0.4 is 10.2 Å². The SMILES string of the molecule is CN(CC(=O)Nc1c(F)cccc1F)Cc1ccccc1N1CCCCC1. The van der Waals surface area contributed by atoms with E-state index >= 15 is 0 Å². The number of piperidine rings is 1. The van der Waals surface area contributed by atoms with E-state index in [1.165, 1.54) is 31.0 Å². The zero-order chi connectivity index (χ0) is 19.2. The number of amides is 1. The Morgan fingerprint density at radius 3 is 2.41 bits per heavy atom. The van der Waals surface area contributed by atoms with Crippen LogP contribution in [0.25, 0.3) is 0 Å². The molecule has 0 atom stereocenters. The van der Waals surface area contributed by atoms with E-state index in [1.54, 1.807) is 0 Å². The van der Waals surface area contributed by atoms with Crippen LogP contribution in [-0.4, -0.2) is 37.5 Å². The first-order valence-corrected chi connectivity index (χ1v) is 9.30. The fraction of sp³-hybridized carbons (Fsp3) is 0.381. The van der Waals surface area contributed by atoms with E-state index in [2.05, 4.69) is 22.3 Å². The molecule has 1 aliphatic heterocycles. The molecule has 27 heavy (non-hydrogen) atoms. The van der Waals surface area contributed by atoms with Crippen molar-refractivity contribution in [2.75, 3.05) is 36.9 Å². The molecule has 1 N–H and O–H groups in total. The molecule has 4 nitrogen and oxygen atoms in total. The van der Waals surface area contributed by atoms with E-state index in [1.807, 2.05) is 24.1 Å². The third kappa shape index (κ3) is 5.04. The predicted octanol–water partition coefficient (Wildman–Crippen LogP) is 4.03. The summed E-state index contributed by atoms with van der Waals surface area (Å²) in [5.74, 6) is -2.00. The van der Waals surface area contributed by atoms with Crippen LogP contribution >= 0.6 is 0 Å². The molecule has 6 heteroatoms. The molecule has 0 aromatic heterocycles. The predicted molar refractivity (Wildman–Crippen MR) is 104 cm³/mol. The summed E-state index contributed by atoms with van der Waals surface area (Å²) in [6.45, 7) is 2.73. The Hall–Kier alpha value is -2.47. The summed E-state index contributed by atoms with van der Waals surface area (Å²) in [7, 11) is 1.82. The van der Waals surface area contributed by atoms with Crippen LogP contribution in [0.5, 0.6) is 0 Å². The van der Waals surface area contributed by atoms with Gasteiger partial charge in [-0.05, 0) is 50.1 Å². The highest BCUT2D eigenvalue weighted by Gasteiger charge is 2.17. The molecule has 0 radical (unpaired) electrons. The molecular weight excluding hydrogens is 348 g/mol. The average Bonchev–Trinajstić information content (AvgIpc) is 2.66. The van der Waals surface area contributed by atoms with Crippen molar-refractivity contribution in [1.82, 2.24) is 4.90 Å². The van der Waals surface area contributed by atoms with Crippen molar-refractivity contribution in [3.63, 3.8) is 0 Å². The second-order valence-electron chi connectivity index (χ2n) is 6.99. The summed E-state index contributed by atoms with van der Waals surface area (Å²) in [6.07, 6.45) is 3.66. The molecule has 0 bridgehead atoms. The number of carbonyl (C=O) groups excluding carboxylic acids is 1. The number of nitrogens with one attached hydrogen (secondary N) is 1. The first kappa shape index (κ1) is 19.3. The summed E-state index contributed by atoms with van der Waals surface area (Å²) in [5.41, 5.74) is 1.95. The van der Waals surface area contributed by atoms with Gasteiger partial charge in [-0.2, -0.15) is 0 Å². The number of anilines is 2. The molecule has 1 aliphatic rings. The van der Waals surface area contributed by atoms with Crippen LogP contribution in [0, 0.1) is 11.6 Å². The van der Waals surface area contributed by atoms with Crippen molar-refractivity contribution in [2.24, 2.45) is 0 Å². The molecule has 2 aromatic carbocycles. The van der Waals surface area contributed by atoms with Gasteiger partial charge in [0.25, 0.3) is 0 Å². The highest BCUT2D eigenvalue weighted by Crippen LogP contribution is 2.25. The van der Waals surface area contributed by atoms with E-state index in [-0.39, 0.29) is 6.54 Å². The van der Waals surface area contributed by atoms with Crippen LogP contribution in [0.15, 0.2) is 42.5 Å². The molecule has 1 fully saturated rings. The second kappa shape index (κ2) is 8.95. The Morgan fingerprint density at radius 1 is 1.04 bits per heavy atom. The number of nitrogens with zero attached hydrogens (tertiary/aromatic N) is 2. The van der Waals surface area contributed by atoms with Crippen molar-refractivity contribution in [3.8, 4) is 0 Å². The van der Waals surface area contributed by atoms with Gasteiger partial charge >= 0.3 is 0 Å². The van der Waals surface area contributed by atoms with Gasteiger partial charge in [0.2, 0.25) is 5.91 Å². The zero-order valence-corrected chi connectivity index (χ0v) is 15.5. The molecule has 0 unspecified atom stereocenters. The summed E-state index contributed by atoms with van der Waals surface area (Å²) in [5, 5.41) is 2.33. The van der Waals surface area contributed by atoms with E-state index in [0.717, 1.165) is 30.8 Å². The summed E-state index contributed by atoms with van der Waals surface area (Å²) in [4.78, 5) is 16.4. The Bertz CT molecular complexity index is 770. The lowest BCUT2D eigenvalue weighted by molar-refractivity contribution is -0.117. The van der Waals surface area contributed by atoms with E-state index in [4.69, 9.17) is 0 Å². The van der Waals surface area contributed by atoms with E-state index < -0.39 is 23.2 Å². The molecule has 0 saturated carbocycles. The molecule has 0 aliphatic carbocycles. The monoisotopic (exact) mass is 373 g/mol. The maximum Gasteiger partial charge on any atom is 0.238 e. The number of rotatable bonds is 6. The highest BCUT2D eigenvalue weighted by atomic mass is 19.1. The lowest BCUT2D eigenvalue weighted by Gasteiger charge is -2.31. The summed E-state index contributed by atoms with van der Waals surface area (Å²) in [6, 6.07) is 11.7. The van der Waals surface area contributed by atoms with Gasteiger partial charge in [0, 0.05) is 25.3 Å². The van der Waals surface area contributed by atoms with Crippen LogP contribution in [0.4, 0.5) is 20.2 Å². The minimum Gasteiger partial charge on any atom is -0.371 e. The number of benzene rings is 2. The van der Waals surface area contributed by atoms with Crippen molar-refractivity contribution in [1.29, 1.82) is 0 Å². The molecular formula is C21H25F2N3O. The van der Waals surface area contributed by atoms with Crippen molar-refractivity contribution in [2.45, 2.75) is 25.8 Å². The largest absolute Gasteiger partial charge is 0.371 e.